The highest BCUT2D eigenvalue weighted by Gasteiger charge is 2.26. The van der Waals surface area contributed by atoms with Crippen LogP contribution < -0.4 is 5.32 Å². The molecule has 1 aromatic heterocycles. The molecule has 0 aliphatic carbocycles. The molecule has 0 atom stereocenters. The van der Waals surface area contributed by atoms with E-state index < -0.39 is 51.9 Å². The van der Waals surface area contributed by atoms with Crippen molar-refractivity contribution in [1.82, 2.24) is 9.59 Å². The summed E-state index contributed by atoms with van der Waals surface area (Å²) in [5.41, 5.74) is -2.43. The van der Waals surface area contributed by atoms with Gasteiger partial charge in [-0.1, -0.05) is 4.49 Å². The van der Waals surface area contributed by atoms with Crippen LogP contribution in [0.5, 0.6) is 0 Å². The SMILES string of the molecule is O=C(Nc1c(F)c(F)cc(F)c1F)c1snnc1C(F)F. The lowest BCUT2D eigenvalue weighted by molar-refractivity contribution is 0.101. The topological polar surface area (TPSA) is 54.9 Å². The summed E-state index contributed by atoms with van der Waals surface area (Å²) in [5.74, 6) is -8.64. The van der Waals surface area contributed by atoms with Crippen molar-refractivity contribution in [2.24, 2.45) is 0 Å². The van der Waals surface area contributed by atoms with E-state index >= 15 is 0 Å². The molecule has 4 nitrogen and oxygen atoms in total. The van der Waals surface area contributed by atoms with Crippen molar-refractivity contribution in [3.05, 3.63) is 39.9 Å². The van der Waals surface area contributed by atoms with Crippen molar-refractivity contribution in [3.8, 4) is 0 Å². The summed E-state index contributed by atoms with van der Waals surface area (Å²) < 4.78 is 80.7. The van der Waals surface area contributed by atoms with Crippen LogP contribution in [0.15, 0.2) is 6.07 Å². The second-order valence-electron chi connectivity index (χ2n) is 3.59. The zero-order chi connectivity index (χ0) is 15.7. The van der Waals surface area contributed by atoms with Crippen LogP contribution in [-0.4, -0.2) is 15.5 Å². The Labute approximate surface area is 116 Å². The maximum atomic E-state index is 13.3. The molecular formula is C10H3F6N3OS. The van der Waals surface area contributed by atoms with E-state index in [4.69, 9.17) is 0 Å². The van der Waals surface area contributed by atoms with E-state index in [1.165, 1.54) is 5.32 Å². The number of rotatable bonds is 3. The number of nitrogens with one attached hydrogen (secondary N) is 1. The predicted octanol–water partition coefficient (Wildman–Crippen LogP) is 3.28. The van der Waals surface area contributed by atoms with Gasteiger partial charge in [-0.15, -0.1) is 5.10 Å². The molecule has 112 valence electrons. The molecule has 0 aliphatic heterocycles. The van der Waals surface area contributed by atoms with E-state index in [0.717, 1.165) is 0 Å². The van der Waals surface area contributed by atoms with Gasteiger partial charge in [0.15, 0.2) is 29.0 Å². The number of benzene rings is 1. The van der Waals surface area contributed by atoms with Crippen LogP contribution in [0, 0.1) is 23.3 Å². The van der Waals surface area contributed by atoms with Crippen molar-refractivity contribution >= 4 is 23.1 Å². The van der Waals surface area contributed by atoms with Gasteiger partial charge in [-0.05, 0) is 11.5 Å². The Morgan fingerprint density at radius 1 is 1.14 bits per heavy atom. The maximum Gasteiger partial charge on any atom is 0.283 e. The molecule has 0 fully saturated rings. The van der Waals surface area contributed by atoms with Crippen LogP contribution in [0.1, 0.15) is 21.8 Å². The van der Waals surface area contributed by atoms with Crippen molar-refractivity contribution in [3.63, 3.8) is 0 Å². The molecule has 1 amide bonds. The summed E-state index contributed by atoms with van der Waals surface area (Å²) in [6.07, 6.45) is -3.15. The van der Waals surface area contributed by atoms with E-state index in [9.17, 15) is 31.1 Å². The monoisotopic (exact) mass is 327 g/mol. The van der Waals surface area contributed by atoms with Crippen LogP contribution in [0.25, 0.3) is 0 Å². The maximum absolute atomic E-state index is 13.3. The highest BCUT2D eigenvalue weighted by Crippen LogP contribution is 2.27. The number of halogens is 6. The molecule has 21 heavy (non-hydrogen) atoms. The van der Waals surface area contributed by atoms with Crippen molar-refractivity contribution in [1.29, 1.82) is 0 Å². The first-order valence-electron chi connectivity index (χ1n) is 5.07. The summed E-state index contributed by atoms with van der Waals surface area (Å²) in [6, 6.07) is -0.0564. The van der Waals surface area contributed by atoms with Gasteiger partial charge in [0.05, 0.1) is 0 Å². The third-order valence-corrected chi connectivity index (χ3v) is 3.02. The van der Waals surface area contributed by atoms with Crippen LogP contribution >= 0.6 is 11.5 Å². The van der Waals surface area contributed by atoms with E-state index in [1.807, 2.05) is 0 Å². The normalized spacial score (nSPS) is 11.0. The highest BCUT2D eigenvalue weighted by molar-refractivity contribution is 7.08. The highest BCUT2D eigenvalue weighted by atomic mass is 32.1. The number of alkyl halides is 2. The quantitative estimate of drug-likeness (QED) is 0.695. The summed E-state index contributed by atoms with van der Waals surface area (Å²) in [6.45, 7) is 0. The number of hydrogen-bond acceptors (Lipinski definition) is 4. The fraction of sp³-hybridized carbons (Fsp3) is 0.100. The molecule has 0 spiro atoms. The number of anilines is 1. The van der Waals surface area contributed by atoms with Crippen LogP contribution in [0.3, 0.4) is 0 Å². The first-order chi connectivity index (χ1) is 9.82. The van der Waals surface area contributed by atoms with Crippen LogP contribution in [0.2, 0.25) is 0 Å². The average molecular weight is 327 g/mol. The van der Waals surface area contributed by atoms with Gasteiger partial charge in [0.2, 0.25) is 0 Å². The third kappa shape index (κ3) is 2.82. The second kappa shape index (κ2) is 5.68. The van der Waals surface area contributed by atoms with Gasteiger partial charge in [0.25, 0.3) is 12.3 Å². The molecule has 0 saturated heterocycles. The van der Waals surface area contributed by atoms with E-state index in [1.54, 1.807) is 0 Å². The minimum Gasteiger partial charge on any atom is -0.316 e. The summed E-state index contributed by atoms with van der Waals surface area (Å²) in [4.78, 5) is 10.9. The van der Waals surface area contributed by atoms with E-state index in [-0.39, 0.29) is 17.6 Å². The third-order valence-electron chi connectivity index (χ3n) is 2.28. The molecule has 0 unspecified atom stereocenters. The Morgan fingerprint density at radius 3 is 2.24 bits per heavy atom. The van der Waals surface area contributed by atoms with Crippen LogP contribution in [-0.2, 0) is 0 Å². The molecular weight excluding hydrogens is 324 g/mol. The largest absolute Gasteiger partial charge is 0.316 e. The Morgan fingerprint density at radius 2 is 1.71 bits per heavy atom. The fourth-order valence-electron chi connectivity index (χ4n) is 1.35. The van der Waals surface area contributed by atoms with Crippen molar-refractivity contribution in [2.45, 2.75) is 6.43 Å². The smallest absolute Gasteiger partial charge is 0.283 e. The molecule has 1 N–H and O–H groups in total. The van der Waals surface area contributed by atoms with Gasteiger partial charge in [0.1, 0.15) is 10.6 Å². The van der Waals surface area contributed by atoms with Gasteiger partial charge in [0, 0.05) is 6.07 Å². The summed E-state index contributed by atoms with van der Waals surface area (Å²) in [7, 11) is 0. The lowest BCUT2D eigenvalue weighted by Crippen LogP contribution is -2.16. The van der Waals surface area contributed by atoms with Crippen molar-refractivity contribution in [2.75, 3.05) is 5.32 Å². The standard InChI is InChI=1S/C10H3F6N3OS/c11-2-1-3(12)5(14)6(4(2)13)17-10(20)8-7(9(15)16)18-19-21-8/h1,9H,(H,17,20). The Bertz CT molecular complexity index is 678. The number of aromatic nitrogens is 2. The van der Waals surface area contributed by atoms with Gasteiger partial charge >= 0.3 is 0 Å². The molecule has 0 radical (unpaired) electrons. The molecule has 2 rings (SSSR count). The molecule has 0 bridgehead atoms. The Hall–Kier alpha value is -2.17. The number of amides is 1. The van der Waals surface area contributed by atoms with Crippen molar-refractivity contribution < 1.29 is 31.1 Å². The molecule has 11 heteroatoms. The minimum atomic E-state index is -3.15. The molecule has 0 aliphatic rings. The number of carbonyl (C=O) groups is 1. The second-order valence-corrected chi connectivity index (χ2v) is 4.34. The number of carbonyl (C=O) groups excluding carboxylic acids is 1. The number of hydrogen-bond donors (Lipinski definition) is 1. The lowest BCUT2D eigenvalue weighted by Gasteiger charge is -2.08. The zero-order valence-corrected chi connectivity index (χ0v) is 10.4. The van der Waals surface area contributed by atoms with E-state index in [2.05, 4.69) is 9.59 Å². The van der Waals surface area contributed by atoms with E-state index in [0.29, 0.717) is 0 Å². The fourth-order valence-corrected chi connectivity index (χ4v) is 1.92. The first kappa shape index (κ1) is 15.2. The Balaban J connectivity index is 2.39. The van der Waals surface area contributed by atoms with Gasteiger partial charge in [-0.3, -0.25) is 4.79 Å². The molecule has 2 aromatic rings. The van der Waals surface area contributed by atoms with Gasteiger partial charge < -0.3 is 5.32 Å². The summed E-state index contributed by atoms with van der Waals surface area (Å²) >= 11 is 0.240. The number of nitrogens with zero attached hydrogens (tertiary/aromatic N) is 2. The average Bonchev–Trinajstić information content (AvgIpc) is 2.91. The molecule has 1 aromatic carbocycles. The lowest BCUT2D eigenvalue weighted by atomic mass is 10.2. The molecule has 1 heterocycles. The zero-order valence-electron chi connectivity index (χ0n) is 9.63. The van der Waals surface area contributed by atoms with Crippen LogP contribution in [0.4, 0.5) is 32.0 Å². The predicted molar refractivity (Wildman–Crippen MR) is 59.1 cm³/mol. The van der Waals surface area contributed by atoms with Gasteiger partial charge in [-0.25, -0.2) is 26.3 Å². The molecule has 0 saturated carbocycles. The summed E-state index contributed by atoms with van der Waals surface area (Å²) in [5, 5.41) is 4.47. The first-order valence-corrected chi connectivity index (χ1v) is 5.85. The minimum absolute atomic E-state index is 0.0564. The van der Waals surface area contributed by atoms with Gasteiger partial charge in [-0.2, -0.15) is 0 Å². The Kier molecular flexibility index (Phi) is 4.11.